The zero-order valence-corrected chi connectivity index (χ0v) is 11.3. The molecule has 1 aromatic rings. The fraction of sp³-hybridized carbons (Fsp3) is 0.429. The average molecular weight is 298 g/mol. The summed E-state index contributed by atoms with van der Waals surface area (Å²) in [6.45, 7) is -2.19. The van der Waals surface area contributed by atoms with Crippen LogP contribution in [0.1, 0.15) is 18.4 Å². The number of piperidine rings is 1. The lowest BCUT2D eigenvalue weighted by Gasteiger charge is -2.21. The van der Waals surface area contributed by atoms with Gasteiger partial charge in [-0.15, -0.1) is 0 Å². The first kappa shape index (κ1) is 15.2. The van der Waals surface area contributed by atoms with Crippen molar-refractivity contribution in [1.82, 2.24) is 10.6 Å². The number of alkyl halides is 2. The van der Waals surface area contributed by atoms with Crippen LogP contribution < -0.4 is 15.4 Å². The Hall–Kier alpha value is -2.18. The van der Waals surface area contributed by atoms with Crippen LogP contribution in [0.4, 0.5) is 8.78 Å². The van der Waals surface area contributed by atoms with Crippen LogP contribution in [0.3, 0.4) is 0 Å². The molecule has 0 spiro atoms. The molecule has 1 unspecified atom stereocenters. The lowest BCUT2D eigenvalue weighted by atomic mass is 9.98. The van der Waals surface area contributed by atoms with Gasteiger partial charge in [0.1, 0.15) is 5.75 Å². The average Bonchev–Trinajstić information content (AvgIpc) is 2.46. The normalized spacial score (nSPS) is 18.2. The second-order valence-corrected chi connectivity index (χ2v) is 4.78. The smallest absolute Gasteiger partial charge is 0.387 e. The molecule has 1 aliphatic rings. The van der Waals surface area contributed by atoms with Crippen molar-refractivity contribution < 1.29 is 23.1 Å². The van der Waals surface area contributed by atoms with Crippen molar-refractivity contribution in [3.8, 4) is 5.75 Å². The number of hydrogen-bond acceptors (Lipinski definition) is 3. The number of ether oxygens (including phenoxy) is 1. The van der Waals surface area contributed by atoms with E-state index in [0.29, 0.717) is 25.9 Å². The number of rotatable bonds is 5. The Bertz CT molecular complexity index is 495. The third-order valence-corrected chi connectivity index (χ3v) is 3.25. The lowest BCUT2D eigenvalue weighted by molar-refractivity contribution is -0.129. The second-order valence-electron chi connectivity index (χ2n) is 4.78. The first-order valence-corrected chi connectivity index (χ1v) is 6.63. The largest absolute Gasteiger partial charge is 0.435 e. The zero-order chi connectivity index (χ0) is 15.2. The highest BCUT2D eigenvalue weighted by Crippen LogP contribution is 2.15. The predicted molar refractivity (Wildman–Crippen MR) is 70.7 cm³/mol. The molecule has 21 heavy (non-hydrogen) atoms. The molecule has 0 radical (unpaired) electrons. The molecule has 1 fully saturated rings. The standard InChI is InChI=1S/C14H16F2N2O3/c15-14(16)21-11-4-1-9(2-5-11)7-18-13(20)10-3-6-12(19)17-8-10/h1-2,4-5,10,14H,3,6-8H2,(H,17,19)(H,18,20). The second kappa shape index (κ2) is 7.01. The van der Waals surface area contributed by atoms with Gasteiger partial charge in [-0.2, -0.15) is 8.78 Å². The van der Waals surface area contributed by atoms with Crippen LogP contribution in [-0.2, 0) is 16.1 Å². The van der Waals surface area contributed by atoms with Crippen molar-refractivity contribution >= 4 is 11.8 Å². The van der Waals surface area contributed by atoms with Crippen LogP contribution in [-0.4, -0.2) is 25.0 Å². The summed E-state index contributed by atoms with van der Waals surface area (Å²) in [4.78, 5) is 22.9. The van der Waals surface area contributed by atoms with Crippen LogP contribution in [0.25, 0.3) is 0 Å². The van der Waals surface area contributed by atoms with E-state index in [2.05, 4.69) is 15.4 Å². The van der Waals surface area contributed by atoms with Gasteiger partial charge in [0.2, 0.25) is 11.8 Å². The molecule has 2 amide bonds. The van der Waals surface area contributed by atoms with E-state index in [4.69, 9.17) is 0 Å². The molecule has 0 aliphatic carbocycles. The van der Waals surface area contributed by atoms with E-state index < -0.39 is 6.61 Å². The van der Waals surface area contributed by atoms with Crippen molar-refractivity contribution in [2.75, 3.05) is 6.54 Å². The van der Waals surface area contributed by atoms with Crippen LogP contribution >= 0.6 is 0 Å². The molecule has 2 rings (SSSR count). The topological polar surface area (TPSA) is 67.4 Å². The van der Waals surface area contributed by atoms with Crippen molar-refractivity contribution in [3.05, 3.63) is 29.8 Å². The number of halogens is 2. The van der Waals surface area contributed by atoms with E-state index in [1.807, 2.05) is 0 Å². The molecule has 2 N–H and O–H groups in total. The molecule has 7 heteroatoms. The number of benzene rings is 1. The first-order valence-electron chi connectivity index (χ1n) is 6.63. The summed E-state index contributed by atoms with van der Waals surface area (Å²) in [6, 6.07) is 6.07. The summed E-state index contributed by atoms with van der Waals surface area (Å²) in [5.74, 6) is -0.296. The van der Waals surface area contributed by atoms with Gasteiger partial charge < -0.3 is 15.4 Å². The summed E-state index contributed by atoms with van der Waals surface area (Å²) in [5.41, 5.74) is 0.782. The van der Waals surface area contributed by atoms with Gasteiger partial charge in [-0.05, 0) is 24.1 Å². The van der Waals surface area contributed by atoms with Crippen LogP contribution in [0.15, 0.2) is 24.3 Å². The van der Waals surface area contributed by atoms with Gasteiger partial charge in [-0.25, -0.2) is 0 Å². The molecule has 0 bridgehead atoms. The maximum atomic E-state index is 12.0. The number of nitrogens with one attached hydrogen (secondary N) is 2. The van der Waals surface area contributed by atoms with E-state index in [0.717, 1.165) is 5.56 Å². The minimum Gasteiger partial charge on any atom is -0.435 e. The minimum absolute atomic E-state index is 0.0336. The fourth-order valence-electron chi connectivity index (χ4n) is 2.08. The zero-order valence-electron chi connectivity index (χ0n) is 11.3. The molecule has 1 aliphatic heterocycles. The summed E-state index contributed by atoms with van der Waals surface area (Å²) in [7, 11) is 0. The quantitative estimate of drug-likeness (QED) is 0.864. The van der Waals surface area contributed by atoms with E-state index in [9.17, 15) is 18.4 Å². The Kier molecular flexibility index (Phi) is 5.08. The summed E-state index contributed by atoms with van der Waals surface area (Å²) in [5, 5.41) is 5.41. The molecule has 0 saturated carbocycles. The highest BCUT2D eigenvalue weighted by molar-refractivity contribution is 5.83. The molecular weight excluding hydrogens is 282 g/mol. The SMILES string of the molecule is O=C1CCC(C(=O)NCc2ccc(OC(F)F)cc2)CN1. The van der Waals surface area contributed by atoms with Crippen molar-refractivity contribution in [2.45, 2.75) is 26.0 Å². The Morgan fingerprint density at radius 2 is 2.10 bits per heavy atom. The summed E-state index contributed by atoms with van der Waals surface area (Å²) in [6.07, 6.45) is 0.899. The van der Waals surface area contributed by atoms with Crippen molar-refractivity contribution in [1.29, 1.82) is 0 Å². The molecule has 1 aromatic carbocycles. The van der Waals surface area contributed by atoms with Gasteiger partial charge in [-0.1, -0.05) is 12.1 Å². The molecular formula is C14H16F2N2O3. The molecule has 114 valence electrons. The van der Waals surface area contributed by atoms with Gasteiger partial charge in [-0.3, -0.25) is 9.59 Å². The van der Waals surface area contributed by atoms with Gasteiger partial charge in [0.25, 0.3) is 0 Å². The highest BCUT2D eigenvalue weighted by atomic mass is 19.3. The third-order valence-electron chi connectivity index (χ3n) is 3.25. The number of amides is 2. The van der Waals surface area contributed by atoms with Crippen LogP contribution in [0, 0.1) is 5.92 Å². The number of hydrogen-bond donors (Lipinski definition) is 2. The third kappa shape index (κ3) is 4.70. The van der Waals surface area contributed by atoms with E-state index in [1.165, 1.54) is 12.1 Å². The lowest BCUT2D eigenvalue weighted by Crippen LogP contribution is -2.42. The molecule has 0 aromatic heterocycles. The maximum absolute atomic E-state index is 12.0. The van der Waals surface area contributed by atoms with E-state index in [-0.39, 0.29) is 23.5 Å². The van der Waals surface area contributed by atoms with E-state index >= 15 is 0 Å². The highest BCUT2D eigenvalue weighted by Gasteiger charge is 2.23. The fourth-order valence-corrected chi connectivity index (χ4v) is 2.08. The van der Waals surface area contributed by atoms with Gasteiger partial charge >= 0.3 is 6.61 Å². The molecule has 1 atom stereocenters. The van der Waals surface area contributed by atoms with Gasteiger partial charge in [0.05, 0.1) is 5.92 Å². The first-order chi connectivity index (χ1) is 10.0. The number of carbonyl (C=O) groups is 2. The Morgan fingerprint density at radius 3 is 2.67 bits per heavy atom. The Labute approximate surface area is 120 Å². The Balaban J connectivity index is 1.79. The van der Waals surface area contributed by atoms with Crippen LogP contribution in [0.2, 0.25) is 0 Å². The summed E-state index contributed by atoms with van der Waals surface area (Å²) >= 11 is 0. The Morgan fingerprint density at radius 1 is 1.38 bits per heavy atom. The summed E-state index contributed by atoms with van der Waals surface area (Å²) < 4.78 is 28.2. The van der Waals surface area contributed by atoms with E-state index in [1.54, 1.807) is 12.1 Å². The van der Waals surface area contributed by atoms with Crippen LogP contribution in [0.5, 0.6) is 5.75 Å². The van der Waals surface area contributed by atoms with Gasteiger partial charge in [0.15, 0.2) is 0 Å². The molecule has 1 heterocycles. The van der Waals surface area contributed by atoms with Gasteiger partial charge in [0, 0.05) is 19.5 Å². The molecule has 5 nitrogen and oxygen atoms in total. The predicted octanol–water partition coefficient (Wildman–Crippen LogP) is 1.43. The molecule has 1 saturated heterocycles. The van der Waals surface area contributed by atoms with Crippen molar-refractivity contribution in [2.24, 2.45) is 5.92 Å². The number of carbonyl (C=O) groups excluding carboxylic acids is 2. The minimum atomic E-state index is -2.85. The maximum Gasteiger partial charge on any atom is 0.387 e. The monoisotopic (exact) mass is 298 g/mol. The van der Waals surface area contributed by atoms with Crippen molar-refractivity contribution in [3.63, 3.8) is 0 Å².